The van der Waals surface area contributed by atoms with Crippen molar-refractivity contribution in [1.82, 2.24) is 19.5 Å². The van der Waals surface area contributed by atoms with Gasteiger partial charge < -0.3 is 19.3 Å². The number of anilines is 2. The van der Waals surface area contributed by atoms with E-state index in [1.54, 1.807) is 6.20 Å². The molecule has 49 heavy (non-hydrogen) atoms. The van der Waals surface area contributed by atoms with Gasteiger partial charge in [0.15, 0.2) is 16.0 Å². The SMILES string of the molecule is O=C(Nc1nc2ccccc2s1)c1cccc2c1CN(c1nc(C(=O)O)c(CCCOc3ccc(-n4ccc5cccnc54)cc3)s1)CC2. The zero-order valence-corrected chi connectivity index (χ0v) is 27.8. The smallest absolute Gasteiger partial charge is 0.355 e. The number of thiazole rings is 2. The van der Waals surface area contributed by atoms with Crippen molar-refractivity contribution in [2.45, 2.75) is 25.8 Å². The number of para-hydroxylation sites is 1. The molecule has 0 bridgehead atoms. The molecule has 0 saturated carbocycles. The number of carbonyl (C=O) groups excluding carboxylic acids is 1. The monoisotopic (exact) mass is 686 g/mol. The summed E-state index contributed by atoms with van der Waals surface area (Å²) in [5, 5.41) is 15.2. The van der Waals surface area contributed by atoms with Crippen LogP contribution in [-0.4, -0.2) is 49.7 Å². The summed E-state index contributed by atoms with van der Waals surface area (Å²) < 4.78 is 9.05. The number of nitrogens with zero attached hydrogens (tertiary/aromatic N) is 5. The lowest BCUT2D eigenvalue weighted by Gasteiger charge is -2.29. The number of carboxylic acids is 1. The molecule has 0 radical (unpaired) electrons. The van der Waals surface area contributed by atoms with Crippen molar-refractivity contribution < 1.29 is 19.4 Å². The van der Waals surface area contributed by atoms with Crippen molar-refractivity contribution >= 4 is 66.1 Å². The topological polar surface area (TPSA) is 122 Å². The maximum absolute atomic E-state index is 13.5. The van der Waals surface area contributed by atoms with E-state index >= 15 is 0 Å². The fourth-order valence-electron chi connectivity index (χ4n) is 6.16. The molecule has 2 N–H and O–H groups in total. The van der Waals surface area contributed by atoms with Gasteiger partial charge in [-0.3, -0.25) is 10.1 Å². The van der Waals surface area contributed by atoms with Crippen LogP contribution in [0.4, 0.5) is 10.3 Å². The van der Waals surface area contributed by atoms with Crippen LogP contribution in [-0.2, 0) is 19.4 Å². The van der Waals surface area contributed by atoms with Gasteiger partial charge in [-0.1, -0.05) is 35.6 Å². The van der Waals surface area contributed by atoms with Crippen LogP contribution in [0.25, 0.3) is 26.9 Å². The number of hydrogen-bond acceptors (Lipinski definition) is 9. The number of carboxylic acid groups (broad SMARTS) is 1. The maximum atomic E-state index is 13.5. The van der Waals surface area contributed by atoms with E-state index in [2.05, 4.69) is 25.2 Å². The van der Waals surface area contributed by atoms with Crippen LogP contribution in [0.15, 0.2) is 97.3 Å². The molecular formula is C37H30N6O4S2. The van der Waals surface area contributed by atoms with Crippen LogP contribution in [0.2, 0.25) is 0 Å². The number of benzene rings is 3. The summed E-state index contributed by atoms with van der Waals surface area (Å²) in [6, 6.07) is 27.4. The van der Waals surface area contributed by atoms with Gasteiger partial charge in [0.1, 0.15) is 11.4 Å². The highest BCUT2D eigenvalue weighted by atomic mass is 32.1. The van der Waals surface area contributed by atoms with Gasteiger partial charge in [-0.05, 0) is 91.1 Å². The third-order valence-electron chi connectivity index (χ3n) is 8.57. The Bertz CT molecular complexity index is 2290. The third kappa shape index (κ3) is 6.23. The summed E-state index contributed by atoms with van der Waals surface area (Å²) in [5.41, 5.74) is 5.41. The zero-order chi connectivity index (χ0) is 33.3. The molecule has 5 heterocycles. The first-order chi connectivity index (χ1) is 24.0. The zero-order valence-electron chi connectivity index (χ0n) is 26.2. The Hall–Kier alpha value is -5.59. The summed E-state index contributed by atoms with van der Waals surface area (Å²) in [4.78, 5) is 42.0. The molecule has 244 valence electrons. The quantitative estimate of drug-likeness (QED) is 0.141. The van der Waals surface area contributed by atoms with Gasteiger partial charge in [0.05, 0.1) is 16.8 Å². The molecule has 10 nitrogen and oxygen atoms in total. The Kier molecular flexibility index (Phi) is 8.24. The molecule has 8 rings (SSSR count). The van der Waals surface area contributed by atoms with Crippen LogP contribution < -0.4 is 15.0 Å². The number of carbonyl (C=O) groups is 2. The summed E-state index contributed by atoms with van der Waals surface area (Å²) in [6.45, 7) is 1.57. The highest BCUT2D eigenvalue weighted by Gasteiger charge is 2.26. The van der Waals surface area contributed by atoms with Gasteiger partial charge in [-0.2, -0.15) is 0 Å². The second kappa shape index (κ2) is 13.1. The van der Waals surface area contributed by atoms with E-state index in [-0.39, 0.29) is 11.6 Å². The van der Waals surface area contributed by atoms with E-state index in [4.69, 9.17) is 4.74 Å². The number of aromatic carboxylic acids is 1. The van der Waals surface area contributed by atoms with Gasteiger partial charge in [0.25, 0.3) is 5.91 Å². The molecule has 0 fully saturated rings. The van der Waals surface area contributed by atoms with Crippen molar-refractivity contribution in [1.29, 1.82) is 0 Å². The first-order valence-corrected chi connectivity index (χ1v) is 17.5. The van der Waals surface area contributed by atoms with Gasteiger partial charge >= 0.3 is 5.97 Å². The Balaban J connectivity index is 0.919. The number of rotatable bonds is 10. The van der Waals surface area contributed by atoms with Gasteiger partial charge in [-0.25, -0.2) is 19.7 Å². The summed E-state index contributed by atoms with van der Waals surface area (Å²) in [7, 11) is 0. The Labute approximate surface area is 289 Å². The van der Waals surface area contributed by atoms with Gasteiger partial charge in [0, 0.05) is 47.0 Å². The number of nitrogens with one attached hydrogen (secondary N) is 1. The van der Waals surface area contributed by atoms with Crippen LogP contribution >= 0.6 is 22.7 Å². The molecule has 7 aromatic rings. The van der Waals surface area contributed by atoms with Crippen molar-refractivity contribution in [3.05, 3.63) is 125 Å². The molecule has 12 heteroatoms. The second-order valence-electron chi connectivity index (χ2n) is 11.7. The minimum absolute atomic E-state index is 0.0737. The summed E-state index contributed by atoms with van der Waals surface area (Å²) in [5.74, 6) is -0.519. The lowest BCUT2D eigenvalue weighted by Crippen LogP contribution is -2.32. The molecule has 0 unspecified atom stereocenters. The number of ether oxygens (including phenoxy) is 1. The predicted molar refractivity (Wildman–Crippen MR) is 193 cm³/mol. The molecule has 0 saturated heterocycles. The highest BCUT2D eigenvalue weighted by molar-refractivity contribution is 7.22. The first kappa shape index (κ1) is 30.7. The number of hydrogen-bond donors (Lipinski definition) is 2. The fourth-order valence-corrected chi connectivity index (χ4v) is 8.14. The second-order valence-corrected chi connectivity index (χ2v) is 13.8. The Morgan fingerprint density at radius 2 is 1.82 bits per heavy atom. The van der Waals surface area contributed by atoms with E-state index < -0.39 is 5.97 Å². The van der Waals surface area contributed by atoms with E-state index in [9.17, 15) is 14.7 Å². The Morgan fingerprint density at radius 3 is 2.67 bits per heavy atom. The average molecular weight is 687 g/mol. The molecule has 0 spiro atoms. The van der Waals surface area contributed by atoms with Crippen LogP contribution in [0.5, 0.6) is 5.75 Å². The normalized spacial score (nSPS) is 12.7. The minimum atomic E-state index is -1.05. The van der Waals surface area contributed by atoms with Gasteiger partial charge in [-0.15, -0.1) is 11.3 Å². The lowest BCUT2D eigenvalue weighted by atomic mass is 9.94. The fraction of sp³-hybridized carbons (Fsp3) is 0.162. The van der Waals surface area contributed by atoms with E-state index in [1.165, 1.54) is 22.7 Å². The number of fused-ring (bicyclic) bond motifs is 3. The Morgan fingerprint density at radius 1 is 0.939 bits per heavy atom. The molecule has 1 aliphatic rings. The number of pyridine rings is 1. The van der Waals surface area contributed by atoms with Crippen molar-refractivity contribution in [2.75, 3.05) is 23.4 Å². The minimum Gasteiger partial charge on any atom is -0.494 e. The first-order valence-electron chi connectivity index (χ1n) is 15.9. The third-order valence-corrected chi connectivity index (χ3v) is 10.7. The molecule has 3 aromatic carbocycles. The standard InChI is InChI=1S/C37H30N6O4S2/c44-34(41-36-39-29-9-1-2-10-30(29)48-36)27-8-3-6-23-16-19-42(22-28(23)27)37-40-32(35(45)46)31(49-37)11-5-21-47-26-14-12-25(13-15-26)43-20-17-24-7-4-18-38-33(24)43/h1-4,6-10,12-15,17-18,20H,5,11,16,19,21-22H2,(H,45,46)(H,39,41,44). The molecule has 0 atom stereocenters. The van der Waals surface area contributed by atoms with E-state index in [1.807, 2.05) is 95.7 Å². The van der Waals surface area contributed by atoms with E-state index in [0.717, 1.165) is 50.2 Å². The van der Waals surface area contributed by atoms with Crippen molar-refractivity contribution in [3.63, 3.8) is 0 Å². The molecule has 0 aliphatic carbocycles. The van der Waals surface area contributed by atoms with Crippen molar-refractivity contribution in [2.24, 2.45) is 0 Å². The van der Waals surface area contributed by atoms with Crippen molar-refractivity contribution in [3.8, 4) is 11.4 Å². The highest BCUT2D eigenvalue weighted by Crippen LogP contribution is 2.33. The number of aryl methyl sites for hydroxylation is 1. The predicted octanol–water partition coefficient (Wildman–Crippen LogP) is 7.62. The largest absolute Gasteiger partial charge is 0.494 e. The number of amides is 1. The number of aromatic nitrogens is 4. The van der Waals surface area contributed by atoms with Crippen LogP contribution in [0.3, 0.4) is 0 Å². The molecular weight excluding hydrogens is 657 g/mol. The van der Waals surface area contributed by atoms with Crippen LogP contribution in [0, 0.1) is 0 Å². The molecule has 4 aromatic heterocycles. The van der Waals surface area contributed by atoms with Gasteiger partial charge in [0.2, 0.25) is 0 Å². The summed E-state index contributed by atoms with van der Waals surface area (Å²) >= 11 is 2.84. The molecule has 1 aliphatic heterocycles. The lowest BCUT2D eigenvalue weighted by molar-refractivity contribution is 0.0690. The van der Waals surface area contributed by atoms with E-state index in [0.29, 0.717) is 53.2 Å². The summed E-state index contributed by atoms with van der Waals surface area (Å²) in [6.07, 6.45) is 5.67. The van der Waals surface area contributed by atoms with Crippen LogP contribution in [0.1, 0.15) is 43.3 Å². The maximum Gasteiger partial charge on any atom is 0.355 e. The molecule has 1 amide bonds. The average Bonchev–Trinajstić information content (AvgIpc) is 3.87.